The van der Waals surface area contributed by atoms with Gasteiger partial charge in [0.05, 0.1) is 18.3 Å². The van der Waals surface area contributed by atoms with Crippen LogP contribution in [0.25, 0.3) is 0 Å². The Kier molecular flexibility index (Phi) is 5.20. The van der Waals surface area contributed by atoms with Gasteiger partial charge in [-0.05, 0) is 50.8 Å². The Morgan fingerprint density at radius 1 is 1.38 bits per heavy atom. The highest BCUT2D eigenvalue weighted by atomic mass is 16.5. The van der Waals surface area contributed by atoms with Gasteiger partial charge in [-0.1, -0.05) is 12.0 Å². The van der Waals surface area contributed by atoms with Gasteiger partial charge in [-0.25, -0.2) is 4.98 Å². The molecule has 1 fully saturated rings. The first-order valence-corrected chi connectivity index (χ1v) is 9.96. The molecule has 152 valence electrons. The fourth-order valence-corrected chi connectivity index (χ4v) is 3.78. The minimum Gasteiger partial charge on any atom is -0.493 e. The number of aliphatic hydroxyl groups excluding tert-OH is 1. The highest BCUT2D eigenvalue weighted by Crippen LogP contribution is 2.35. The van der Waals surface area contributed by atoms with E-state index in [0.29, 0.717) is 24.5 Å². The monoisotopic (exact) mass is 393 g/mol. The zero-order valence-electron chi connectivity index (χ0n) is 17.0. The Labute approximate surface area is 171 Å². The maximum Gasteiger partial charge on any atom is 0.225 e. The summed E-state index contributed by atoms with van der Waals surface area (Å²) in [5.41, 5.74) is 2.44. The summed E-state index contributed by atoms with van der Waals surface area (Å²) in [6.07, 6.45) is 6.82. The van der Waals surface area contributed by atoms with E-state index >= 15 is 0 Å². The van der Waals surface area contributed by atoms with Crippen molar-refractivity contribution in [2.24, 2.45) is 5.92 Å². The molecule has 1 aromatic heterocycles. The first-order chi connectivity index (χ1) is 13.9. The molecule has 1 aromatic carbocycles. The Bertz CT molecular complexity index is 935. The summed E-state index contributed by atoms with van der Waals surface area (Å²) in [7, 11) is 1.94. The van der Waals surface area contributed by atoms with Gasteiger partial charge >= 0.3 is 0 Å². The summed E-state index contributed by atoms with van der Waals surface area (Å²) in [5, 5.41) is 16.7. The maximum atomic E-state index is 10.1. The Balaban J connectivity index is 1.33. The van der Waals surface area contributed by atoms with Crippen molar-refractivity contribution in [1.82, 2.24) is 9.97 Å². The van der Waals surface area contributed by atoms with Gasteiger partial charge in [0.2, 0.25) is 5.95 Å². The number of nitrogens with zero attached hydrogens (tertiary/aromatic N) is 3. The van der Waals surface area contributed by atoms with Crippen LogP contribution in [0.4, 0.5) is 17.5 Å². The quantitative estimate of drug-likeness (QED) is 0.674. The molecule has 29 heavy (non-hydrogen) atoms. The van der Waals surface area contributed by atoms with Crippen LogP contribution in [-0.2, 0) is 0 Å². The molecule has 0 spiro atoms. The number of hydrogen-bond acceptors (Lipinski definition) is 7. The number of aromatic nitrogens is 2. The van der Waals surface area contributed by atoms with Crippen LogP contribution in [0.15, 0.2) is 24.3 Å². The van der Waals surface area contributed by atoms with Crippen LogP contribution in [0.1, 0.15) is 31.0 Å². The minimum atomic E-state index is -0.637. The van der Waals surface area contributed by atoms with Crippen LogP contribution >= 0.6 is 0 Å². The molecule has 2 heterocycles. The van der Waals surface area contributed by atoms with E-state index in [1.807, 2.05) is 50.1 Å². The molecule has 4 rings (SSSR count). The lowest BCUT2D eigenvalue weighted by Gasteiger charge is -2.39. The SMILES string of the molecule is C#Cc1cccc(OCC2CC(Nc3nc(C)c4c(n3)N(C)[C@@H](C)C(O)N4)C2)c1. The van der Waals surface area contributed by atoms with Gasteiger partial charge in [0.25, 0.3) is 0 Å². The van der Waals surface area contributed by atoms with E-state index in [9.17, 15) is 5.11 Å². The molecule has 3 N–H and O–H groups in total. The summed E-state index contributed by atoms with van der Waals surface area (Å²) in [6.45, 7) is 4.57. The van der Waals surface area contributed by atoms with Crippen LogP contribution in [0.3, 0.4) is 0 Å². The smallest absolute Gasteiger partial charge is 0.225 e. The molecule has 1 unspecified atom stereocenters. The van der Waals surface area contributed by atoms with Gasteiger partial charge in [0.1, 0.15) is 17.7 Å². The zero-order chi connectivity index (χ0) is 20.5. The maximum absolute atomic E-state index is 10.1. The molecule has 1 aliphatic carbocycles. The van der Waals surface area contributed by atoms with E-state index < -0.39 is 6.23 Å². The summed E-state index contributed by atoms with van der Waals surface area (Å²) >= 11 is 0. The average molecular weight is 393 g/mol. The van der Waals surface area contributed by atoms with Gasteiger partial charge in [-0.15, -0.1) is 6.42 Å². The van der Waals surface area contributed by atoms with E-state index in [0.717, 1.165) is 41.4 Å². The number of likely N-dealkylation sites (N-methyl/N-ethyl adjacent to an activating group) is 1. The van der Waals surface area contributed by atoms with Crippen molar-refractivity contribution in [2.45, 2.75) is 45.0 Å². The molecule has 0 saturated heterocycles. The fourth-order valence-electron chi connectivity index (χ4n) is 3.78. The molecule has 0 radical (unpaired) electrons. The van der Waals surface area contributed by atoms with Crippen LogP contribution in [-0.4, -0.2) is 47.0 Å². The predicted molar refractivity (Wildman–Crippen MR) is 114 cm³/mol. The van der Waals surface area contributed by atoms with Crippen LogP contribution < -0.4 is 20.3 Å². The van der Waals surface area contributed by atoms with Crippen molar-refractivity contribution >= 4 is 17.5 Å². The number of ether oxygens (including phenoxy) is 1. The van der Waals surface area contributed by atoms with Crippen molar-refractivity contribution in [1.29, 1.82) is 0 Å². The number of anilines is 3. The molecule has 0 bridgehead atoms. The van der Waals surface area contributed by atoms with E-state index in [-0.39, 0.29) is 6.04 Å². The second-order valence-electron chi connectivity index (χ2n) is 7.93. The Hall–Kier alpha value is -2.98. The van der Waals surface area contributed by atoms with Gasteiger partial charge in [0, 0.05) is 18.7 Å². The van der Waals surface area contributed by atoms with Gasteiger partial charge in [-0.3, -0.25) is 0 Å². The Morgan fingerprint density at radius 3 is 2.93 bits per heavy atom. The molecule has 2 aromatic rings. The third-order valence-corrected chi connectivity index (χ3v) is 5.82. The molecule has 0 amide bonds. The second-order valence-corrected chi connectivity index (χ2v) is 7.93. The summed E-state index contributed by atoms with van der Waals surface area (Å²) in [6, 6.07) is 7.90. The molecular formula is C22H27N5O2. The Morgan fingerprint density at radius 2 is 2.17 bits per heavy atom. The van der Waals surface area contributed by atoms with Crippen LogP contribution in [0.2, 0.25) is 0 Å². The predicted octanol–water partition coefficient (Wildman–Crippen LogP) is 2.60. The topological polar surface area (TPSA) is 82.5 Å². The van der Waals surface area contributed by atoms with Crippen molar-refractivity contribution in [3.63, 3.8) is 0 Å². The van der Waals surface area contributed by atoms with E-state index in [1.54, 1.807) is 0 Å². The van der Waals surface area contributed by atoms with Gasteiger partial charge in [-0.2, -0.15) is 4.98 Å². The van der Waals surface area contributed by atoms with E-state index in [4.69, 9.17) is 11.2 Å². The lowest BCUT2D eigenvalue weighted by Crippen LogP contribution is -2.48. The number of aryl methyl sites for hydroxylation is 1. The van der Waals surface area contributed by atoms with Crippen molar-refractivity contribution in [2.75, 3.05) is 29.2 Å². The van der Waals surface area contributed by atoms with Crippen molar-refractivity contribution < 1.29 is 9.84 Å². The second kappa shape index (κ2) is 7.80. The third-order valence-electron chi connectivity index (χ3n) is 5.82. The standard InChI is InChI=1S/C22H27N5O2/c1-5-15-7-6-8-18(11-15)29-12-16-9-17(10-16)24-22-23-13(2)19-20(26-22)27(4)14(3)21(28)25-19/h1,6-8,11,14,16-17,21,25,28H,9-10,12H2,2-4H3,(H,23,24,26)/t14-,16?,17?,21?/m0/s1. The minimum absolute atomic E-state index is 0.0668. The lowest BCUT2D eigenvalue weighted by molar-refractivity contribution is 0.167. The molecule has 1 aliphatic heterocycles. The number of nitrogens with one attached hydrogen (secondary N) is 2. The van der Waals surface area contributed by atoms with Crippen LogP contribution in [0, 0.1) is 25.2 Å². The number of fused-ring (bicyclic) bond motifs is 1. The lowest BCUT2D eigenvalue weighted by atomic mass is 9.81. The number of benzene rings is 1. The van der Waals surface area contributed by atoms with Crippen LogP contribution in [0.5, 0.6) is 5.75 Å². The zero-order valence-corrected chi connectivity index (χ0v) is 17.0. The molecule has 7 nitrogen and oxygen atoms in total. The van der Waals surface area contributed by atoms with Gasteiger partial charge in [0.15, 0.2) is 5.82 Å². The van der Waals surface area contributed by atoms with Crippen molar-refractivity contribution in [3.05, 3.63) is 35.5 Å². The molecule has 2 aliphatic rings. The van der Waals surface area contributed by atoms with Crippen molar-refractivity contribution in [3.8, 4) is 18.1 Å². The van der Waals surface area contributed by atoms with E-state index in [2.05, 4.69) is 26.5 Å². The number of terminal acetylenes is 1. The molecule has 2 atom stereocenters. The molecule has 1 saturated carbocycles. The summed E-state index contributed by atoms with van der Waals surface area (Å²) in [5.74, 6) is 5.38. The largest absolute Gasteiger partial charge is 0.493 e. The molecule has 7 heteroatoms. The molecular weight excluding hydrogens is 366 g/mol. The average Bonchev–Trinajstić information content (AvgIpc) is 2.69. The summed E-state index contributed by atoms with van der Waals surface area (Å²) < 4.78 is 5.89. The number of rotatable bonds is 5. The number of aliphatic hydroxyl groups is 1. The fraction of sp³-hybridized carbons (Fsp3) is 0.455. The normalized spacial score (nSPS) is 25.3. The first-order valence-electron chi connectivity index (χ1n) is 9.96. The first kappa shape index (κ1) is 19.3. The highest BCUT2D eigenvalue weighted by molar-refractivity contribution is 5.72. The summed E-state index contributed by atoms with van der Waals surface area (Å²) in [4.78, 5) is 11.2. The van der Waals surface area contributed by atoms with Gasteiger partial charge < -0.3 is 25.4 Å². The number of hydrogen-bond donors (Lipinski definition) is 3. The van der Waals surface area contributed by atoms with E-state index in [1.165, 1.54) is 0 Å². The third kappa shape index (κ3) is 3.94. The highest BCUT2D eigenvalue weighted by Gasteiger charge is 2.33.